The van der Waals surface area contributed by atoms with Crippen molar-refractivity contribution in [2.24, 2.45) is 5.92 Å². The van der Waals surface area contributed by atoms with E-state index in [1.165, 1.54) is 58.2 Å². The summed E-state index contributed by atoms with van der Waals surface area (Å²) < 4.78 is 0. The molecule has 1 heterocycles. The van der Waals surface area contributed by atoms with E-state index in [9.17, 15) is 0 Å². The quantitative estimate of drug-likeness (QED) is 0.787. The molecule has 0 aromatic heterocycles. The maximum absolute atomic E-state index is 2.70. The second kappa shape index (κ2) is 5.89. The van der Waals surface area contributed by atoms with Gasteiger partial charge in [-0.3, -0.25) is 0 Å². The average Bonchev–Trinajstić information content (AvgIpc) is 2.47. The lowest BCUT2D eigenvalue weighted by Gasteiger charge is -2.45. The van der Waals surface area contributed by atoms with Gasteiger partial charge in [-0.15, -0.1) is 0 Å². The van der Waals surface area contributed by atoms with Gasteiger partial charge in [0.15, 0.2) is 0 Å². The van der Waals surface area contributed by atoms with Gasteiger partial charge in [0.25, 0.3) is 0 Å². The number of hydrogen-bond acceptors (Lipinski definition) is 1. The van der Waals surface area contributed by atoms with Crippen molar-refractivity contribution in [3.05, 3.63) is 35.4 Å². The number of rotatable bonds is 3. The fourth-order valence-electron chi connectivity index (χ4n) is 4.17. The first-order valence-corrected chi connectivity index (χ1v) is 8.50. The van der Waals surface area contributed by atoms with Crippen LogP contribution >= 0.6 is 0 Å². The molecule has 1 aromatic rings. The predicted molar refractivity (Wildman–Crippen MR) is 86.2 cm³/mol. The summed E-state index contributed by atoms with van der Waals surface area (Å²) >= 11 is 0. The second-order valence-corrected chi connectivity index (χ2v) is 7.32. The summed E-state index contributed by atoms with van der Waals surface area (Å²) in [7, 11) is 0. The van der Waals surface area contributed by atoms with E-state index < -0.39 is 0 Å². The van der Waals surface area contributed by atoms with Crippen molar-refractivity contribution in [2.45, 2.75) is 57.8 Å². The number of aryl methyl sites for hydroxylation is 1. The Morgan fingerprint density at radius 2 is 1.85 bits per heavy atom. The van der Waals surface area contributed by atoms with E-state index in [1.54, 1.807) is 11.1 Å². The molecule has 20 heavy (non-hydrogen) atoms. The summed E-state index contributed by atoms with van der Waals surface area (Å²) in [6.07, 6.45) is 8.22. The van der Waals surface area contributed by atoms with Gasteiger partial charge < -0.3 is 4.90 Å². The Hall–Kier alpha value is -0.820. The molecular weight excluding hydrogens is 242 g/mol. The number of likely N-dealkylation sites (tertiary alicyclic amines) is 1. The molecule has 0 radical (unpaired) electrons. The molecular formula is C19H29N. The van der Waals surface area contributed by atoms with E-state index >= 15 is 0 Å². The van der Waals surface area contributed by atoms with Crippen molar-refractivity contribution in [3.8, 4) is 0 Å². The third-order valence-corrected chi connectivity index (χ3v) is 5.53. The molecule has 2 aliphatic rings. The lowest BCUT2D eigenvalue weighted by molar-refractivity contribution is 0.140. The van der Waals surface area contributed by atoms with E-state index in [0.29, 0.717) is 5.41 Å². The van der Waals surface area contributed by atoms with Crippen LogP contribution in [0.4, 0.5) is 0 Å². The molecule has 1 fully saturated rings. The first-order chi connectivity index (χ1) is 9.70. The van der Waals surface area contributed by atoms with Gasteiger partial charge in [-0.05, 0) is 80.6 Å². The summed E-state index contributed by atoms with van der Waals surface area (Å²) in [5, 5.41) is 0. The molecule has 0 atom stereocenters. The normalized spacial score (nSPS) is 22.1. The number of benzene rings is 1. The van der Waals surface area contributed by atoms with Crippen molar-refractivity contribution in [2.75, 3.05) is 19.6 Å². The zero-order valence-corrected chi connectivity index (χ0v) is 13.2. The Balaban J connectivity index is 1.68. The van der Waals surface area contributed by atoms with Crippen LogP contribution in [0.1, 0.15) is 57.1 Å². The van der Waals surface area contributed by atoms with Gasteiger partial charge in [-0.25, -0.2) is 0 Å². The SMILES string of the molecule is CC(C)CCN1CCC2(CCCc3ccccc32)CC1. The highest BCUT2D eigenvalue weighted by Crippen LogP contribution is 2.44. The van der Waals surface area contributed by atoms with Crippen LogP contribution < -0.4 is 0 Å². The molecule has 1 aromatic carbocycles. The summed E-state index contributed by atoms with van der Waals surface area (Å²) in [6, 6.07) is 9.24. The molecule has 0 saturated carbocycles. The molecule has 1 aliphatic carbocycles. The molecule has 0 unspecified atom stereocenters. The largest absolute Gasteiger partial charge is 0.303 e. The molecule has 1 saturated heterocycles. The Morgan fingerprint density at radius 1 is 1.10 bits per heavy atom. The molecule has 1 nitrogen and oxygen atoms in total. The topological polar surface area (TPSA) is 3.24 Å². The minimum atomic E-state index is 0.517. The molecule has 110 valence electrons. The number of piperidine rings is 1. The first kappa shape index (κ1) is 14.1. The zero-order chi connectivity index (χ0) is 14.0. The van der Waals surface area contributed by atoms with Crippen molar-refractivity contribution < 1.29 is 0 Å². The maximum Gasteiger partial charge on any atom is -0.00102 e. The van der Waals surface area contributed by atoms with Crippen LogP contribution in [0, 0.1) is 5.92 Å². The number of hydrogen-bond donors (Lipinski definition) is 0. The third-order valence-electron chi connectivity index (χ3n) is 5.53. The highest BCUT2D eigenvalue weighted by atomic mass is 15.1. The molecule has 1 spiro atoms. The van der Waals surface area contributed by atoms with Gasteiger partial charge in [0.2, 0.25) is 0 Å². The van der Waals surface area contributed by atoms with Gasteiger partial charge in [0.1, 0.15) is 0 Å². The Kier molecular flexibility index (Phi) is 4.16. The standard InChI is InChI=1S/C19H29N/c1-16(2)9-13-20-14-11-19(12-15-20)10-5-7-17-6-3-4-8-18(17)19/h3-4,6,8,16H,5,7,9-15H2,1-2H3. The van der Waals surface area contributed by atoms with Crippen LogP contribution in [0.2, 0.25) is 0 Å². The minimum absolute atomic E-state index is 0.517. The Labute approximate surface area is 124 Å². The molecule has 0 bridgehead atoms. The van der Waals surface area contributed by atoms with E-state index in [1.807, 2.05) is 0 Å². The van der Waals surface area contributed by atoms with Crippen LogP contribution in [0.15, 0.2) is 24.3 Å². The smallest absolute Gasteiger partial charge is 0.00102 e. The second-order valence-electron chi connectivity index (χ2n) is 7.32. The van der Waals surface area contributed by atoms with Crippen molar-refractivity contribution in [1.82, 2.24) is 4.90 Å². The van der Waals surface area contributed by atoms with Crippen LogP contribution in [0.3, 0.4) is 0 Å². The molecule has 3 rings (SSSR count). The zero-order valence-electron chi connectivity index (χ0n) is 13.2. The van der Waals surface area contributed by atoms with Crippen molar-refractivity contribution >= 4 is 0 Å². The number of fused-ring (bicyclic) bond motifs is 2. The molecule has 0 N–H and O–H groups in total. The Bertz CT molecular complexity index is 441. The van der Waals surface area contributed by atoms with E-state index in [-0.39, 0.29) is 0 Å². The molecule has 0 amide bonds. The van der Waals surface area contributed by atoms with E-state index in [2.05, 4.69) is 43.0 Å². The average molecular weight is 271 g/mol. The maximum atomic E-state index is 2.70. The predicted octanol–water partition coefficient (Wildman–Crippen LogP) is 4.40. The monoisotopic (exact) mass is 271 g/mol. The Morgan fingerprint density at radius 3 is 2.60 bits per heavy atom. The fraction of sp³-hybridized carbons (Fsp3) is 0.684. The summed E-state index contributed by atoms with van der Waals surface area (Å²) in [5.74, 6) is 0.835. The summed E-state index contributed by atoms with van der Waals surface area (Å²) in [4.78, 5) is 2.70. The lowest BCUT2D eigenvalue weighted by Crippen LogP contribution is -2.44. The fourth-order valence-corrected chi connectivity index (χ4v) is 4.17. The van der Waals surface area contributed by atoms with Gasteiger partial charge in [0.05, 0.1) is 0 Å². The van der Waals surface area contributed by atoms with Gasteiger partial charge in [-0.2, -0.15) is 0 Å². The summed E-state index contributed by atoms with van der Waals surface area (Å²) in [5.41, 5.74) is 3.84. The first-order valence-electron chi connectivity index (χ1n) is 8.50. The van der Waals surface area contributed by atoms with Crippen LogP contribution in [0.5, 0.6) is 0 Å². The van der Waals surface area contributed by atoms with Crippen LogP contribution in [-0.2, 0) is 11.8 Å². The van der Waals surface area contributed by atoms with E-state index in [4.69, 9.17) is 0 Å². The lowest BCUT2D eigenvalue weighted by atomic mass is 9.65. The van der Waals surface area contributed by atoms with Gasteiger partial charge in [0, 0.05) is 0 Å². The van der Waals surface area contributed by atoms with Crippen molar-refractivity contribution in [1.29, 1.82) is 0 Å². The molecule has 1 heteroatoms. The summed E-state index contributed by atoms with van der Waals surface area (Å²) in [6.45, 7) is 8.59. The highest BCUT2D eigenvalue weighted by Gasteiger charge is 2.38. The minimum Gasteiger partial charge on any atom is -0.303 e. The third kappa shape index (κ3) is 2.79. The van der Waals surface area contributed by atoms with E-state index in [0.717, 1.165) is 5.92 Å². The van der Waals surface area contributed by atoms with Gasteiger partial charge in [-0.1, -0.05) is 38.1 Å². The highest BCUT2D eigenvalue weighted by molar-refractivity contribution is 5.37. The van der Waals surface area contributed by atoms with Crippen molar-refractivity contribution in [3.63, 3.8) is 0 Å². The van der Waals surface area contributed by atoms with Crippen LogP contribution in [-0.4, -0.2) is 24.5 Å². The molecule has 1 aliphatic heterocycles. The van der Waals surface area contributed by atoms with Crippen LogP contribution in [0.25, 0.3) is 0 Å². The van der Waals surface area contributed by atoms with Gasteiger partial charge >= 0.3 is 0 Å². The number of nitrogens with zero attached hydrogens (tertiary/aromatic N) is 1.